The second kappa shape index (κ2) is 68.0. The van der Waals surface area contributed by atoms with Crippen LogP contribution in [0.4, 0.5) is 0 Å². The molecule has 1 aliphatic rings. The van der Waals surface area contributed by atoms with Gasteiger partial charge in [0.25, 0.3) is 0 Å². The summed E-state index contributed by atoms with van der Waals surface area (Å²) in [5, 5.41) is 2.87. The van der Waals surface area contributed by atoms with E-state index < -0.39 is 0 Å². The zero-order chi connectivity index (χ0) is 65.1. The van der Waals surface area contributed by atoms with Crippen molar-refractivity contribution in [1.29, 1.82) is 0 Å². The molecule has 1 aliphatic heterocycles. The molecule has 0 fully saturated rings. The number of allylic oxidation sites excluding steroid dienone is 2. The molecule has 0 radical (unpaired) electrons. The second-order valence-electron chi connectivity index (χ2n) is 29.0. The third-order valence-electron chi connectivity index (χ3n) is 20.1. The molecule has 530 valence electrons. The Kier molecular flexibility index (Phi) is 63.6. The van der Waals surface area contributed by atoms with Gasteiger partial charge in [0.15, 0.2) is 0 Å². The molecule has 91 heavy (non-hydrogen) atoms. The average molecular weight is 1300 g/mol. The second-order valence-corrected chi connectivity index (χ2v) is 30.5. The van der Waals surface area contributed by atoms with Crippen LogP contribution < -0.4 is 0 Å². The number of rotatable bonds is 69. The minimum Gasteiger partial charge on any atom is -0.0654 e. The molecule has 0 aromatic heterocycles. The van der Waals surface area contributed by atoms with Gasteiger partial charge in [-0.3, -0.25) is 0 Å². The minimum absolute atomic E-state index is 0.905. The number of nitrogens with zero attached hydrogens (tertiary/aromatic N) is 2. The van der Waals surface area contributed by atoms with E-state index >= 15 is 0 Å². The van der Waals surface area contributed by atoms with Crippen molar-refractivity contribution in [2.75, 3.05) is 0 Å². The molecular formula is C88H158N2Ni. The summed E-state index contributed by atoms with van der Waals surface area (Å²) in [4.78, 5) is 0. The van der Waals surface area contributed by atoms with Gasteiger partial charge in [0.1, 0.15) is 0 Å². The Morgan fingerprint density at radius 2 is 0.505 bits per heavy atom. The summed E-state index contributed by atoms with van der Waals surface area (Å²) in [7, 11) is 0. The number of unbranched alkanes of at least 4 members (excludes halogenated alkanes) is 57. The van der Waals surface area contributed by atoms with Crippen LogP contribution in [0.3, 0.4) is 0 Å². The van der Waals surface area contributed by atoms with Crippen LogP contribution in [-0.4, -0.2) is 4.70 Å². The molecule has 2 nitrogen and oxygen atoms in total. The minimum atomic E-state index is 0.905. The van der Waals surface area contributed by atoms with Crippen LogP contribution in [0.15, 0.2) is 60.2 Å². The summed E-state index contributed by atoms with van der Waals surface area (Å²) >= 11 is 2.05. The summed E-state index contributed by atoms with van der Waals surface area (Å²) in [6, 6.07) is 17.5. The van der Waals surface area contributed by atoms with Crippen molar-refractivity contribution in [3.8, 4) is 0 Å². The van der Waals surface area contributed by atoms with Gasteiger partial charge in [0.05, 0.1) is 0 Å². The molecule has 2 aromatic carbocycles. The zero-order valence-corrected chi connectivity index (χ0v) is 63.3. The summed E-state index contributed by atoms with van der Waals surface area (Å²) in [5.74, 6) is 0. The van der Waals surface area contributed by atoms with Gasteiger partial charge in [-0.2, -0.15) is 0 Å². The Labute approximate surface area is 577 Å². The van der Waals surface area contributed by atoms with Gasteiger partial charge < -0.3 is 5.53 Å². The number of benzene rings is 2. The van der Waals surface area contributed by atoms with Crippen LogP contribution in [0.2, 0.25) is 10.8 Å². The van der Waals surface area contributed by atoms with Gasteiger partial charge in [-0.1, -0.05) is 296 Å². The van der Waals surface area contributed by atoms with Crippen molar-refractivity contribution >= 4 is 11.4 Å². The Balaban J connectivity index is 0.000000733. The van der Waals surface area contributed by atoms with Crippen LogP contribution in [0.25, 0.3) is 16.9 Å². The molecule has 0 saturated carbocycles. The summed E-state index contributed by atoms with van der Waals surface area (Å²) in [5.41, 5.74) is 19.4. The summed E-state index contributed by atoms with van der Waals surface area (Å²) in [6.45, 7) is 11.3. The topological polar surface area (TPSA) is 25.3 Å². The van der Waals surface area contributed by atoms with Crippen molar-refractivity contribution in [2.45, 2.75) is 463 Å². The van der Waals surface area contributed by atoms with E-state index in [1.807, 2.05) is 0 Å². The van der Waals surface area contributed by atoms with Gasteiger partial charge in [-0.15, -0.1) is 0 Å². The van der Waals surface area contributed by atoms with E-state index in [1.54, 1.807) is 0 Å². The third kappa shape index (κ3) is 51.9. The Hall–Kier alpha value is -1.99. The Morgan fingerprint density at radius 3 is 0.791 bits per heavy atom. The van der Waals surface area contributed by atoms with E-state index in [0.29, 0.717) is 0 Å². The fourth-order valence-corrected chi connectivity index (χ4v) is 15.1. The molecule has 0 atom stereocenters. The molecule has 0 amide bonds. The van der Waals surface area contributed by atoms with Gasteiger partial charge in [0.2, 0.25) is 11.4 Å². The van der Waals surface area contributed by atoms with E-state index in [-0.39, 0.29) is 0 Å². The first-order valence-electron chi connectivity index (χ1n) is 41.7. The normalized spacial score (nSPS) is 12.5. The fraction of sp³-hybridized carbons (Fsp3) is 0.818. The monoisotopic (exact) mass is 1300 g/mol. The first kappa shape index (κ1) is 85.1. The van der Waals surface area contributed by atoms with Crippen LogP contribution >= 0.6 is 0 Å². The summed E-state index contributed by atoms with van der Waals surface area (Å²) in [6.07, 6.45) is 95.3. The molecule has 0 spiro atoms. The number of hydrogen-bond acceptors (Lipinski definition) is 0. The predicted molar refractivity (Wildman–Crippen MR) is 408 cm³/mol. The molecule has 1 heterocycles. The molecule has 0 unspecified atom stereocenters. The molecular weight excluding hydrogens is 1140 g/mol. The predicted octanol–water partition coefficient (Wildman–Crippen LogP) is 32.2. The molecule has 3 heteroatoms. The molecule has 3 rings (SSSR count). The van der Waals surface area contributed by atoms with E-state index in [9.17, 15) is 5.53 Å². The van der Waals surface area contributed by atoms with E-state index in [2.05, 4.69) is 104 Å². The van der Waals surface area contributed by atoms with Crippen LogP contribution in [0.1, 0.15) is 461 Å². The van der Waals surface area contributed by atoms with Gasteiger partial charge >= 0.3 is 166 Å². The third-order valence-corrected chi connectivity index (χ3v) is 21.5. The average Bonchev–Trinajstić information content (AvgIpc) is 1.67. The Bertz CT molecular complexity index is 1850. The zero-order valence-electron chi connectivity index (χ0n) is 62.3. The van der Waals surface area contributed by atoms with Crippen LogP contribution in [0.5, 0.6) is 0 Å². The first-order valence-corrected chi connectivity index (χ1v) is 43.1. The van der Waals surface area contributed by atoms with Crippen LogP contribution in [-0.2, 0) is 27.3 Å². The van der Waals surface area contributed by atoms with E-state index in [0.717, 1.165) is 48.2 Å². The quantitative estimate of drug-likeness (QED) is 0.0358. The van der Waals surface area contributed by atoms with Crippen molar-refractivity contribution in [1.82, 2.24) is 0 Å². The number of aryl methyl sites for hydroxylation is 2. The molecule has 2 aromatic rings. The maximum absolute atomic E-state index is 11.4. The number of hydrogen-bond donors (Lipinski definition) is 0. The standard InChI is InChI=1S/C30H40N2.2C29H59.Ni/c1-4-7-10-11-18-28-23-29(26-19-12-16-24(21-26)14-8-5-2)32(31)30(28)27-20-13-17-25(22-27)15-9-6-3;2*1-3-5-7-9-11-13-15-17-19-21-23-25-27-29-28-26-24-22-20-18-16-14-12-10-8-6-4-2;/h12-13,16-17,19-23H,4-11,14-15,18H2,1-3H3;2*1,3-29H2,2H3;. The first-order chi connectivity index (χ1) is 45.1. The fourth-order valence-electron chi connectivity index (χ4n) is 13.9. The van der Waals surface area contributed by atoms with Crippen molar-refractivity contribution in [3.63, 3.8) is 0 Å². The molecule has 0 aliphatic carbocycles. The van der Waals surface area contributed by atoms with Gasteiger partial charge in [0, 0.05) is 22.8 Å². The van der Waals surface area contributed by atoms with Crippen molar-refractivity contribution in [2.24, 2.45) is 0 Å². The van der Waals surface area contributed by atoms with E-state index in [4.69, 9.17) is 0 Å². The molecule has 0 bridgehead atoms. The maximum atomic E-state index is 11.4. The van der Waals surface area contributed by atoms with Gasteiger partial charge in [-0.05, 0) is 73.9 Å². The molecule has 0 saturated heterocycles. The summed E-state index contributed by atoms with van der Waals surface area (Å²) < 4.78 is 1.45. The smallest absolute Gasteiger partial charge is 0.0654 e. The van der Waals surface area contributed by atoms with E-state index in [1.165, 1.54) is 424 Å². The van der Waals surface area contributed by atoms with Gasteiger partial charge in [-0.25, -0.2) is 4.70 Å². The van der Waals surface area contributed by atoms with Crippen molar-refractivity contribution < 1.29 is 19.1 Å². The Morgan fingerprint density at radius 1 is 0.264 bits per heavy atom. The van der Waals surface area contributed by atoms with Crippen LogP contribution in [0, 0.1) is 0 Å². The SMILES string of the molecule is CCCCCCC1=C(c2cccc(CCCC)c2)[N+](=[N-])C(c2cccc(CCCC)c2)=C1.CCCCCCCCCCCCCCCCCCCCCCCCCCCC[CH2][Ni][CH2]CCCCCCCCCCCCCCCCCCCCCCCCCCCC. The molecule has 0 N–H and O–H groups in total. The van der Waals surface area contributed by atoms with Crippen molar-refractivity contribution in [3.05, 3.63) is 88.0 Å².